The number of carboxylic acid groups (broad SMARTS) is 1. The van der Waals surface area contributed by atoms with Gasteiger partial charge in [-0.1, -0.05) is 36.4 Å². The average Bonchev–Trinajstić information content (AvgIpc) is 3.27. The molecule has 1 aliphatic heterocycles. The second-order valence-electron chi connectivity index (χ2n) is 8.15. The Kier molecular flexibility index (Phi) is 8.35. The Morgan fingerprint density at radius 1 is 0.909 bits per heavy atom. The number of carbonyl (C=O) groups is 1. The quantitative estimate of drug-likeness (QED) is 0.572. The van der Waals surface area contributed by atoms with E-state index in [1.54, 1.807) is 11.3 Å². The normalized spacial score (nSPS) is 16.1. The van der Waals surface area contributed by atoms with Crippen LogP contribution >= 0.6 is 11.3 Å². The molecular weight excluding hydrogens is 436 g/mol. The molecule has 174 valence electrons. The number of carboxylic acids is 1. The summed E-state index contributed by atoms with van der Waals surface area (Å²) in [4.78, 5) is 15.7. The molecule has 2 aromatic carbocycles. The first kappa shape index (κ1) is 23.3. The molecule has 0 amide bonds. The zero-order valence-corrected chi connectivity index (χ0v) is 19.5. The molecule has 0 fully saturated rings. The minimum atomic E-state index is -0.812. The van der Waals surface area contributed by atoms with Crippen LogP contribution in [0.15, 0.2) is 60.7 Å². The van der Waals surface area contributed by atoms with Gasteiger partial charge in [-0.15, -0.1) is 11.3 Å². The van der Waals surface area contributed by atoms with E-state index < -0.39 is 5.97 Å². The van der Waals surface area contributed by atoms with Crippen molar-refractivity contribution in [3.05, 3.63) is 81.5 Å². The summed E-state index contributed by atoms with van der Waals surface area (Å²) in [5, 5.41) is 12.9. The van der Waals surface area contributed by atoms with Gasteiger partial charge in [0.05, 0.1) is 6.54 Å². The summed E-state index contributed by atoms with van der Waals surface area (Å²) in [6.07, 6.45) is 1.88. The molecule has 0 saturated carbocycles. The molecule has 0 saturated heterocycles. The Balaban J connectivity index is 1.52. The average molecular weight is 467 g/mol. The van der Waals surface area contributed by atoms with Crippen molar-refractivity contribution < 1.29 is 19.4 Å². The number of rotatable bonds is 2. The molecule has 6 nitrogen and oxygen atoms in total. The third-order valence-corrected chi connectivity index (χ3v) is 6.58. The summed E-state index contributed by atoms with van der Waals surface area (Å²) in [5.74, 6) is 0.885. The number of hydrogen-bond donors (Lipinski definition) is 2. The lowest BCUT2D eigenvalue weighted by molar-refractivity contribution is -0.138. The van der Waals surface area contributed by atoms with Gasteiger partial charge in [0.25, 0.3) is 0 Å². The maximum atomic E-state index is 11.4. The molecule has 0 aliphatic carbocycles. The molecule has 1 aromatic heterocycles. The number of ether oxygens (including phenoxy) is 2. The Morgan fingerprint density at radius 2 is 1.55 bits per heavy atom. The molecule has 3 aromatic rings. The number of hydrogen-bond acceptors (Lipinski definition) is 6. The molecule has 0 radical (unpaired) electrons. The lowest BCUT2D eigenvalue weighted by Gasteiger charge is -2.22. The second kappa shape index (κ2) is 11.8. The van der Waals surface area contributed by atoms with Crippen LogP contribution in [0.25, 0.3) is 0 Å². The highest BCUT2D eigenvalue weighted by Crippen LogP contribution is 2.25. The van der Waals surface area contributed by atoms with E-state index in [-0.39, 0.29) is 6.54 Å². The highest BCUT2D eigenvalue weighted by molar-refractivity contribution is 7.11. The molecule has 7 heteroatoms. The van der Waals surface area contributed by atoms with Crippen molar-refractivity contribution in [3.8, 4) is 11.5 Å². The van der Waals surface area contributed by atoms with Gasteiger partial charge in [0.15, 0.2) is 0 Å². The van der Waals surface area contributed by atoms with E-state index in [0.29, 0.717) is 19.8 Å². The monoisotopic (exact) mass is 466 g/mol. The number of nitrogens with one attached hydrogen (secondary N) is 1. The van der Waals surface area contributed by atoms with E-state index in [1.807, 2.05) is 47.4 Å². The summed E-state index contributed by atoms with van der Waals surface area (Å²) >= 11 is 1.68. The summed E-state index contributed by atoms with van der Waals surface area (Å²) in [7, 11) is 0. The zero-order valence-electron chi connectivity index (χ0n) is 18.7. The first-order valence-corrected chi connectivity index (χ1v) is 12.1. The predicted octanol–water partition coefficient (Wildman–Crippen LogP) is 4.68. The van der Waals surface area contributed by atoms with Crippen molar-refractivity contribution in [3.63, 3.8) is 0 Å². The van der Waals surface area contributed by atoms with E-state index in [1.165, 1.54) is 0 Å². The summed E-state index contributed by atoms with van der Waals surface area (Å²) < 4.78 is 12.3. The van der Waals surface area contributed by atoms with Gasteiger partial charge in [-0.3, -0.25) is 9.69 Å². The molecule has 33 heavy (non-hydrogen) atoms. The maximum Gasteiger partial charge on any atom is 0.317 e. The fourth-order valence-corrected chi connectivity index (χ4v) is 4.74. The molecule has 2 heterocycles. The smallest absolute Gasteiger partial charge is 0.317 e. The van der Waals surface area contributed by atoms with E-state index in [4.69, 9.17) is 9.47 Å². The molecular formula is C26H30N2O4S. The van der Waals surface area contributed by atoms with E-state index in [0.717, 1.165) is 64.9 Å². The van der Waals surface area contributed by atoms with Crippen LogP contribution in [0, 0.1) is 0 Å². The molecule has 4 rings (SSSR count). The number of benzene rings is 2. The van der Waals surface area contributed by atoms with Crippen molar-refractivity contribution in [1.82, 2.24) is 10.2 Å². The maximum absolute atomic E-state index is 11.4. The standard InChI is InChI=1S/C26H30N2O4S/c29-26(30)17-28-14-6-5-13-27-15-20-7-1-3-9-24(20)31-18-22-11-12-23(33-22)19-32-25-10-4-2-8-21(25)16-28/h1-4,7-12,27H,5-6,13-19H2,(H,29,30). The number of para-hydroxylation sites is 2. The van der Waals surface area contributed by atoms with Gasteiger partial charge in [0.1, 0.15) is 24.7 Å². The van der Waals surface area contributed by atoms with Gasteiger partial charge in [0, 0.05) is 34.0 Å². The molecule has 2 bridgehead atoms. The van der Waals surface area contributed by atoms with Crippen LogP contribution in [0.1, 0.15) is 33.7 Å². The van der Waals surface area contributed by atoms with Crippen LogP contribution in [0.2, 0.25) is 0 Å². The van der Waals surface area contributed by atoms with Gasteiger partial charge < -0.3 is 19.9 Å². The van der Waals surface area contributed by atoms with E-state index in [9.17, 15) is 9.90 Å². The summed E-state index contributed by atoms with van der Waals surface area (Å²) in [6, 6.07) is 20.2. The van der Waals surface area contributed by atoms with Crippen LogP contribution in [0.5, 0.6) is 11.5 Å². The van der Waals surface area contributed by atoms with Crippen LogP contribution in [-0.4, -0.2) is 35.6 Å². The van der Waals surface area contributed by atoms with Crippen molar-refractivity contribution in [2.75, 3.05) is 19.6 Å². The van der Waals surface area contributed by atoms with Crippen LogP contribution in [0.3, 0.4) is 0 Å². The number of fused-ring (bicyclic) bond motifs is 4. The van der Waals surface area contributed by atoms with Gasteiger partial charge in [0.2, 0.25) is 0 Å². The Bertz CT molecular complexity index is 1050. The molecule has 0 atom stereocenters. The first-order valence-electron chi connectivity index (χ1n) is 11.3. The molecule has 0 spiro atoms. The van der Waals surface area contributed by atoms with E-state index >= 15 is 0 Å². The van der Waals surface area contributed by atoms with Crippen LogP contribution in [0.4, 0.5) is 0 Å². The highest BCUT2D eigenvalue weighted by atomic mass is 32.1. The minimum absolute atomic E-state index is 0.0146. The highest BCUT2D eigenvalue weighted by Gasteiger charge is 2.14. The SMILES string of the molecule is O=C(O)CN1CCCCNCc2ccccc2OCc2ccc(s2)COc2ccccc2C1. The Hall–Kier alpha value is -2.87. The minimum Gasteiger partial charge on any atom is -0.488 e. The molecule has 0 unspecified atom stereocenters. The number of aliphatic carboxylic acids is 1. The lowest BCUT2D eigenvalue weighted by Crippen LogP contribution is -2.31. The van der Waals surface area contributed by atoms with Crippen molar-refractivity contribution >= 4 is 17.3 Å². The third-order valence-electron chi connectivity index (χ3n) is 5.55. The number of thiophene rings is 1. The van der Waals surface area contributed by atoms with E-state index in [2.05, 4.69) is 23.5 Å². The second-order valence-corrected chi connectivity index (χ2v) is 9.40. The zero-order chi connectivity index (χ0) is 22.9. The molecule has 1 aliphatic rings. The molecule has 2 N–H and O–H groups in total. The van der Waals surface area contributed by atoms with Gasteiger partial charge in [-0.2, -0.15) is 0 Å². The fraction of sp³-hybridized carbons (Fsp3) is 0.346. The van der Waals surface area contributed by atoms with Crippen LogP contribution < -0.4 is 14.8 Å². The van der Waals surface area contributed by atoms with Crippen molar-refractivity contribution in [2.24, 2.45) is 0 Å². The first-order chi connectivity index (χ1) is 16.2. The number of nitrogens with zero attached hydrogens (tertiary/aromatic N) is 1. The van der Waals surface area contributed by atoms with Crippen LogP contribution in [-0.2, 0) is 31.1 Å². The van der Waals surface area contributed by atoms with Gasteiger partial charge in [-0.05, 0) is 50.2 Å². The van der Waals surface area contributed by atoms with Crippen molar-refractivity contribution in [1.29, 1.82) is 0 Å². The Morgan fingerprint density at radius 3 is 2.24 bits per heavy atom. The van der Waals surface area contributed by atoms with Crippen molar-refractivity contribution in [2.45, 2.75) is 39.1 Å². The topological polar surface area (TPSA) is 71.0 Å². The summed E-state index contributed by atoms with van der Waals surface area (Å²) in [5.41, 5.74) is 2.14. The fourth-order valence-electron chi connectivity index (χ4n) is 3.90. The third kappa shape index (κ3) is 7.05. The largest absolute Gasteiger partial charge is 0.488 e. The Labute approximate surface area is 198 Å². The summed E-state index contributed by atoms with van der Waals surface area (Å²) in [6.45, 7) is 3.89. The predicted molar refractivity (Wildman–Crippen MR) is 130 cm³/mol. The van der Waals surface area contributed by atoms with Gasteiger partial charge in [-0.25, -0.2) is 0 Å². The lowest BCUT2D eigenvalue weighted by atomic mass is 10.1. The van der Waals surface area contributed by atoms with Gasteiger partial charge >= 0.3 is 5.97 Å².